The van der Waals surface area contributed by atoms with Crippen LogP contribution in [0.4, 0.5) is 4.39 Å². The van der Waals surface area contributed by atoms with Crippen LogP contribution in [0.25, 0.3) is 0 Å². The Balaban J connectivity index is 2.30. The minimum Gasteiger partial charge on any atom is -0.472 e. The van der Waals surface area contributed by atoms with Gasteiger partial charge >= 0.3 is 0 Å². The molecule has 0 saturated carbocycles. The number of aromatic nitrogens is 2. The van der Waals surface area contributed by atoms with Crippen LogP contribution < -0.4 is 16.0 Å². The summed E-state index contributed by atoms with van der Waals surface area (Å²) < 4.78 is 20.3. The minimum absolute atomic E-state index is 0.0532. The average Bonchev–Trinajstić information content (AvgIpc) is 2.50. The summed E-state index contributed by atoms with van der Waals surface area (Å²) in [7, 11) is 0. The Morgan fingerprint density at radius 2 is 2.09 bits per heavy atom. The average molecular weight is 340 g/mol. The first-order valence-corrected chi connectivity index (χ1v) is 7.61. The molecule has 0 amide bonds. The molecular weight excluding hydrogens is 321 g/mol. The van der Waals surface area contributed by atoms with Crippen LogP contribution in [-0.4, -0.2) is 9.55 Å². The molecule has 0 radical (unpaired) electrons. The number of rotatable bonds is 5. The van der Waals surface area contributed by atoms with Gasteiger partial charge in [0.2, 0.25) is 5.88 Å². The van der Waals surface area contributed by atoms with E-state index in [4.69, 9.17) is 22.1 Å². The van der Waals surface area contributed by atoms with Crippen LogP contribution >= 0.6 is 11.6 Å². The van der Waals surface area contributed by atoms with E-state index in [1.807, 2.05) is 13.8 Å². The van der Waals surface area contributed by atoms with Crippen LogP contribution in [0.5, 0.6) is 5.88 Å². The summed E-state index contributed by atoms with van der Waals surface area (Å²) in [6, 6.07) is 4.22. The fourth-order valence-corrected chi connectivity index (χ4v) is 2.56. The van der Waals surface area contributed by atoms with Gasteiger partial charge in [0.15, 0.2) is 5.02 Å². The van der Waals surface area contributed by atoms with Crippen molar-refractivity contribution in [3.8, 4) is 5.88 Å². The van der Waals surface area contributed by atoms with E-state index in [1.54, 1.807) is 13.0 Å². The number of ether oxygens (including phenoxy) is 1. The number of aryl methyl sites for hydroxylation is 1. The van der Waals surface area contributed by atoms with Gasteiger partial charge in [-0.2, -0.15) is 4.98 Å². The van der Waals surface area contributed by atoms with Gasteiger partial charge in [0.05, 0.1) is 0 Å². The van der Waals surface area contributed by atoms with E-state index in [1.165, 1.54) is 16.7 Å². The van der Waals surface area contributed by atoms with Gasteiger partial charge < -0.3 is 10.5 Å². The molecule has 1 heterocycles. The molecule has 2 aromatic rings. The summed E-state index contributed by atoms with van der Waals surface area (Å²) in [5.74, 6) is 0.224. The first-order valence-electron chi connectivity index (χ1n) is 7.24. The molecule has 0 spiro atoms. The molecule has 0 aliphatic carbocycles. The number of nitrogens with zero attached hydrogens (tertiary/aromatic N) is 2. The predicted molar refractivity (Wildman–Crippen MR) is 87.3 cm³/mol. The normalized spacial score (nSPS) is 11.1. The van der Waals surface area contributed by atoms with Crippen LogP contribution in [0.3, 0.4) is 0 Å². The van der Waals surface area contributed by atoms with Gasteiger partial charge in [-0.25, -0.2) is 4.39 Å². The summed E-state index contributed by atoms with van der Waals surface area (Å²) in [5, 5.41) is -0.0688. The maximum atomic E-state index is 13.2. The molecule has 0 fully saturated rings. The van der Waals surface area contributed by atoms with Gasteiger partial charge in [-0.15, -0.1) is 0 Å². The van der Waals surface area contributed by atoms with Gasteiger partial charge in [-0.3, -0.25) is 9.36 Å². The molecule has 1 aromatic carbocycles. The highest BCUT2D eigenvalue weighted by molar-refractivity contribution is 6.31. The molecule has 124 valence electrons. The first-order chi connectivity index (χ1) is 10.8. The second kappa shape index (κ2) is 7.10. The standard InChI is InChI=1S/C16H19ClFN3O2/c1-9(2)21-10(3)20-15(14(17)16(21)22)23-8-11-4-5-13(18)6-12(11)7-19/h4-6,9H,7-8,19H2,1-3H3. The number of benzene rings is 1. The van der Waals surface area contributed by atoms with Crippen molar-refractivity contribution >= 4 is 11.6 Å². The first kappa shape index (κ1) is 17.4. The third-order valence-electron chi connectivity index (χ3n) is 3.48. The van der Waals surface area contributed by atoms with Crippen LogP contribution in [0, 0.1) is 12.7 Å². The topological polar surface area (TPSA) is 70.1 Å². The molecule has 0 aliphatic rings. The Morgan fingerprint density at radius 1 is 1.39 bits per heavy atom. The Labute approximate surface area is 138 Å². The molecule has 2 N–H and O–H groups in total. The van der Waals surface area contributed by atoms with Crippen LogP contribution in [0.15, 0.2) is 23.0 Å². The van der Waals surface area contributed by atoms with E-state index >= 15 is 0 Å². The van der Waals surface area contributed by atoms with E-state index in [0.717, 1.165) is 5.56 Å². The van der Waals surface area contributed by atoms with E-state index in [2.05, 4.69) is 4.98 Å². The van der Waals surface area contributed by atoms with Crippen molar-refractivity contribution in [1.82, 2.24) is 9.55 Å². The van der Waals surface area contributed by atoms with Crippen molar-refractivity contribution in [2.24, 2.45) is 5.73 Å². The fraction of sp³-hybridized carbons (Fsp3) is 0.375. The fourth-order valence-electron chi connectivity index (χ4n) is 2.37. The second-order valence-corrected chi connectivity index (χ2v) is 5.83. The van der Waals surface area contributed by atoms with Crippen molar-refractivity contribution in [1.29, 1.82) is 0 Å². The summed E-state index contributed by atoms with van der Waals surface area (Å²) in [6.07, 6.45) is 0. The predicted octanol–water partition coefficient (Wildman–Crippen LogP) is 2.96. The summed E-state index contributed by atoms with van der Waals surface area (Å²) in [5.41, 5.74) is 6.61. The lowest BCUT2D eigenvalue weighted by Crippen LogP contribution is -2.26. The van der Waals surface area contributed by atoms with Crippen molar-refractivity contribution in [2.45, 2.75) is 40.0 Å². The number of nitrogens with two attached hydrogens (primary N) is 1. The molecule has 0 bridgehead atoms. The molecule has 23 heavy (non-hydrogen) atoms. The molecule has 0 unspecified atom stereocenters. The molecule has 0 aliphatic heterocycles. The number of hydrogen-bond acceptors (Lipinski definition) is 4. The SMILES string of the molecule is Cc1nc(OCc2ccc(F)cc2CN)c(Cl)c(=O)n1C(C)C. The largest absolute Gasteiger partial charge is 0.472 e. The molecular formula is C16H19ClFN3O2. The zero-order valence-corrected chi connectivity index (χ0v) is 14.0. The van der Waals surface area contributed by atoms with Crippen molar-refractivity contribution in [3.05, 3.63) is 56.3 Å². The van der Waals surface area contributed by atoms with Crippen molar-refractivity contribution in [2.75, 3.05) is 0 Å². The van der Waals surface area contributed by atoms with Gasteiger partial charge in [0.1, 0.15) is 18.2 Å². The zero-order valence-electron chi connectivity index (χ0n) is 13.3. The van der Waals surface area contributed by atoms with Gasteiger partial charge in [0, 0.05) is 12.6 Å². The Hall–Kier alpha value is -1.92. The smallest absolute Gasteiger partial charge is 0.276 e. The molecule has 2 rings (SSSR count). The summed E-state index contributed by atoms with van der Waals surface area (Å²) >= 11 is 6.07. The highest BCUT2D eigenvalue weighted by atomic mass is 35.5. The highest BCUT2D eigenvalue weighted by Gasteiger charge is 2.16. The van der Waals surface area contributed by atoms with Gasteiger partial charge in [0.25, 0.3) is 5.56 Å². The van der Waals surface area contributed by atoms with Crippen LogP contribution in [0.1, 0.15) is 36.8 Å². The van der Waals surface area contributed by atoms with Gasteiger partial charge in [-0.1, -0.05) is 17.7 Å². The van der Waals surface area contributed by atoms with E-state index in [9.17, 15) is 9.18 Å². The third-order valence-corrected chi connectivity index (χ3v) is 3.80. The molecule has 0 saturated heterocycles. The Bertz CT molecular complexity index is 775. The highest BCUT2D eigenvalue weighted by Crippen LogP contribution is 2.21. The second-order valence-electron chi connectivity index (χ2n) is 5.45. The molecule has 5 nitrogen and oxygen atoms in total. The Morgan fingerprint density at radius 3 is 2.70 bits per heavy atom. The lowest BCUT2D eigenvalue weighted by molar-refractivity contribution is 0.289. The van der Waals surface area contributed by atoms with E-state index in [-0.39, 0.29) is 41.5 Å². The Kier molecular flexibility index (Phi) is 5.38. The number of halogens is 2. The minimum atomic E-state index is -0.360. The van der Waals surface area contributed by atoms with Crippen LogP contribution in [0.2, 0.25) is 5.02 Å². The monoisotopic (exact) mass is 339 g/mol. The van der Waals surface area contributed by atoms with Crippen LogP contribution in [-0.2, 0) is 13.2 Å². The summed E-state index contributed by atoms with van der Waals surface area (Å²) in [6.45, 7) is 5.75. The quantitative estimate of drug-likeness (QED) is 0.909. The molecule has 0 atom stereocenters. The maximum Gasteiger partial charge on any atom is 0.276 e. The van der Waals surface area contributed by atoms with Crippen molar-refractivity contribution < 1.29 is 9.13 Å². The van der Waals surface area contributed by atoms with Crippen molar-refractivity contribution in [3.63, 3.8) is 0 Å². The zero-order chi connectivity index (χ0) is 17.1. The maximum absolute atomic E-state index is 13.2. The summed E-state index contributed by atoms with van der Waals surface area (Å²) in [4.78, 5) is 16.5. The van der Waals surface area contributed by atoms with Gasteiger partial charge in [-0.05, 0) is 44.0 Å². The molecule has 7 heteroatoms. The number of hydrogen-bond donors (Lipinski definition) is 1. The molecule has 1 aromatic heterocycles. The lowest BCUT2D eigenvalue weighted by Gasteiger charge is -2.16. The lowest BCUT2D eigenvalue weighted by atomic mass is 10.1. The van der Waals surface area contributed by atoms with E-state index in [0.29, 0.717) is 11.4 Å². The van der Waals surface area contributed by atoms with E-state index < -0.39 is 0 Å². The third kappa shape index (κ3) is 3.71.